The molecule has 0 unspecified atom stereocenters. The SMILES string of the molecule is COc1ccc(C2=NN[C@H](c3cccs3)C2)cc1. The Balaban J connectivity index is 1.74. The minimum atomic E-state index is 0.321. The fraction of sp³-hybridized carbons (Fsp3) is 0.214. The van der Waals surface area contributed by atoms with Gasteiger partial charge < -0.3 is 10.2 Å². The van der Waals surface area contributed by atoms with Gasteiger partial charge >= 0.3 is 0 Å². The summed E-state index contributed by atoms with van der Waals surface area (Å²) in [4.78, 5) is 1.34. The van der Waals surface area contributed by atoms with Gasteiger partial charge in [-0.3, -0.25) is 0 Å². The van der Waals surface area contributed by atoms with E-state index in [0.717, 1.165) is 23.4 Å². The molecule has 2 heterocycles. The van der Waals surface area contributed by atoms with Gasteiger partial charge in [0.15, 0.2) is 0 Å². The van der Waals surface area contributed by atoms with E-state index in [1.165, 1.54) is 4.88 Å². The molecule has 0 saturated heterocycles. The molecule has 3 rings (SSSR count). The van der Waals surface area contributed by atoms with E-state index < -0.39 is 0 Å². The van der Waals surface area contributed by atoms with Crippen LogP contribution in [0.3, 0.4) is 0 Å². The highest BCUT2D eigenvalue weighted by Crippen LogP contribution is 2.27. The van der Waals surface area contributed by atoms with Crippen LogP contribution >= 0.6 is 11.3 Å². The number of nitrogens with zero attached hydrogens (tertiary/aromatic N) is 1. The fourth-order valence-corrected chi connectivity index (χ4v) is 2.83. The van der Waals surface area contributed by atoms with Gasteiger partial charge in [0.2, 0.25) is 0 Å². The number of thiophene rings is 1. The van der Waals surface area contributed by atoms with Crippen LogP contribution in [0.15, 0.2) is 46.9 Å². The van der Waals surface area contributed by atoms with Crippen molar-refractivity contribution in [3.8, 4) is 5.75 Å². The Morgan fingerprint density at radius 1 is 1.28 bits per heavy atom. The summed E-state index contributed by atoms with van der Waals surface area (Å²) in [6.45, 7) is 0. The zero-order chi connectivity index (χ0) is 12.4. The van der Waals surface area contributed by atoms with Gasteiger partial charge in [-0.25, -0.2) is 0 Å². The average Bonchev–Trinajstić information content (AvgIpc) is 3.09. The summed E-state index contributed by atoms with van der Waals surface area (Å²) < 4.78 is 5.16. The molecule has 4 heteroatoms. The summed E-state index contributed by atoms with van der Waals surface area (Å²) in [5, 5.41) is 6.53. The molecule has 1 aliphatic rings. The molecule has 0 aliphatic carbocycles. The van der Waals surface area contributed by atoms with Gasteiger partial charge in [-0.2, -0.15) is 5.10 Å². The largest absolute Gasteiger partial charge is 0.497 e. The Morgan fingerprint density at radius 3 is 2.78 bits per heavy atom. The summed E-state index contributed by atoms with van der Waals surface area (Å²) >= 11 is 1.77. The molecule has 2 aromatic rings. The van der Waals surface area contributed by atoms with Crippen molar-refractivity contribution in [1.82, 2.24) is 5.43 Å². The maximum Gasteiger partial charge on any atom is 0.118 e. The molecule has 18 heavy (non-hydrogen) atoms. The van der Waals surface area contributed by atoms with Crippen LogP contribution in [-0.4, -0.2) is 12.8 Å². The lowest BCUT2D eigenvalue weighted by atomic mass is 10.0. The molecule has 1 atom stereocenters. The van der Waals surface area contributed by atoms with Gasteiger partial charge in [0.25, 0.3) is 0 Å². The Morgan fingerprint density at radius 2 is 2.11 bits per heavy atom. The Kier molecular flexibility index (Phi) is 3.02. The zero-order valence-electron chi connectivity index (χ0n) is 10.1. The first kappa shape index (κ1) is 11.3. The predicted molar refractivity (Wildman–Crippen MR) is 74.3 cm³/mol. The Hall–Kier alpha value is -1.81. The molecule has 0 fully saturated rings. The standard InChI is InChI=1S/C14H14N2OS/c1-17-11-6-4-10(5-7-11)12-9-13(16-15-12)14-3-2-8-18-14/h2-8,13,16H,9H2,1H3/t13-/m0/s1. The highest BCUT2D eigenvalue weighted by atomic mass is 32.1. The maximum atomic E-state index is 5.16. The number of rotatable bonds is 3. The smallest absolute Gasteiger partial charge is 0.118 e. The van der Waals surface area contributed by atoms with Crippen LogP contribution in [0.2, 0.25) is 0 Å². The summed E-state index contributed by atoms with van der Waals surface area (Å²) in [7, 11) is 1.68. The number of hydrazone groups is 1. The van der Waals surface area contributed by atoms with Gasteiger partial charge in [0, 0.05) is 11.3 Å². The fourth-order valence-electron chi connectivity index (χ4n) is 2.06. The van der Waals surface area contributed by atoms with E-state index in [1.807, 2.05) is 12.1 Å². The van der Waals surface area contributed by atoms with E-state index in [2.05, 4.69) is 40.2 Å². The summed E-state index contributed by atoms with van der Waals surface area (Å²) in [6, 6.07) is 12.6. The summed E-state index contributed by atoms with van der Waals surface area (Å²) in [5.41, 5.74) is 5.47. The molecule has 1 aromatic heterocycles. The minimum absolute atomic E-state index is 0.321. The van der Waals surface area contributed by atoms with E-state index in [-0.39, 0.29) is 0 Å². The number of ether oxygens (including phenoxy) is 1. The predicted octanol–water partition coefficient (Wildman–Crippen LogP) is 3.20. The average molecular weight is 258 g/mol. The zero-order valence-corrected chi connectivity index (χ0v) is 10.9. The Bertz CT molecular complexity index is 546. The van der Waals surface area contributed by atoms with Crippen LogP contribution in [0.1, 0.15) is 22.9 Å². The third-order valence-corrected chi connectivity index (χ3v) is 4.05. The van der Waals surface area contributed by atoms with E-state index in [9.17, 15) is 0 Å². The molecular formula is C14H14N2OS. The minimum Gasteiger partial charge on any atom is -0.497 e. The van der Waals surface area contributed by atoms with Gasteiger partial charge in [-0.1, -0.05) is 6.07 Å². The summed E-state index contributed by atoms with van der Waals surface area (Å²) in [5.74, 6) is 0.875. The number of methoxy groups -OCH3 is 1. The lowest BCUT2D eigenvalue weighted by molar-refractivity contribution is 0.415. The van der Waals surface area contributed by atoms with E-state index in [0.29, 0.717) is 6.04 Å². The number of hydrogen-bond donors (Lipinski definition) is 1. The van der Waals surface area contributed by atoms with Crippen LogP contribution in [0.4, 0.5) is 0 Å². The second-order valence-corrected chi connectivity index (χ2v) is 5.17. The number of benzene rings is 1. The van der Waals surface area contributed by atoms with Crippen LogP contribution < -0.4 is 10.2 Å². The molecule has 1 aromatic carbocycles. The van der Waals surface area contributed by atoms with Crippen molar-refractivity contribution in [2.45, 2.75) is 12.5 Å². The van der Waals surface area contributed by atoms with Crippen molar-refractivity contribution >= 4 is 17.0 Å². The van der Waals surface area contributed by atoms with E-state index in [1.54, 1.807) is 18.4 Å². The molecule has 0 amide bonds. The van der Waals surface area contributed by atoms with Crippen molar-refractivity contribution in [2.24, 2.45) is 5.10 Å². The number of hydrogen-bond acceptors (Lipinski definition) is 4. The lowest BCUT2D eigenvalue weighted by Gasteiger charge is -2.06. The Labute approximate surface area is 110 Å². The molecular weight excluding hydrogens is 244 g/mol. The second-order valence-electron chi connectivity index (χ2n) is 4.19. The highest BCUT2D eigenvalue weighted by Gasteiger charge is 2.21. The van der Waals surface area contributed by atoms with Crippen molar-refractivity contribution in [3.05, 3.63) is 52.2 Å². The molecule has 0 radical (unpaired) electrons. The monoisotopic (exact) mass is 258 g/mol. The van der Waals surface area contributed by atoms with Gasteiger partial charge in [-0.05, 0) is 41.3 Å². The molecule has 1 N–H and O–H groups in total. The highest BCUT2D eigenvalue weighted by molar-refractivity contribution is 7.10. The van der Waals surface area contributed by atoms with Gasteiger partial charge in [0.05, 0.1) is 18.9 Å². The molecule has 0 bridgehead atoms. The van der Waals surface area contributed by atoms with Gasteiger partial charge in [0.1, 0.15) is 5.75 Å². The molecule has 3 nitrogen and oxygen atoms in total. The second kappa shape index (κ2) is 4.82. The van der Waals surface area contributed by atoms with Crippen LogP contribution in [0.25, 0.3) is 0 Å². The molecule has 0 spiro atoms. The number of nitrogens with one attached hydrogen (secondary N) is 1. The topological polar surface area (TPSA) is 33.6 Å². The molecule has 1 aliphatic heterocycles. The van der Waals surface area contributed by atoms with E-state index in [4.69, 9.17) is 4.74 Å². The lowest BCUT2D eigenvalue weighted by Crippen LogP contribution is -2.07. The van der Waals surface area contributed by atoms with Crippen molar-refractivity contribution in [2.75, 3.05) is 7.11 Å². The third kappa shape index (κ3) is 2.11. The van der Waals surface area contributed by atoms with Crippen molar-refractivity contribution < 1.29 is 4.74 Å². The van der Waals surface area contributed by atoms with Gasteiger partial charge in [-0.15, -0.1) is 11.3 Å². The van der Waals surface area contributed by atoms with Crippen LogP contribution in [0.5, 0.6) is 5.75 Å². The van der Waals surface area contributed by atoms with Crippen molar-refractivity contribution in [3.63, 3.8) is 0 Å². The third-order valence-electron chi connectivity index (χ3n) is 3.06. The van der Waals surface area contributed by atoms with E-state index >= 15 is 0 Å². The van der Waals surface area contributed by atoms with Crippen molar-refractivity contribution in [1.29, 1.82) is 0 Å². The van der Waals surface area contributed by atoms with Crippen LogP contribution in [-0.2, 0) is 0 Å². The quantitative estimate of drug-likeness (QED) is 0.917. The first-order chi connectivity index (χ1) is 8.86. The molecule has 92 valence electrons. The van der Waals surface area contributed by atoms with Crippen LogP contribution in [0, 0.1) is 0 Å². The summed E-state index contributed by atoms with van der Waals surface area (Å²) in [6.07, 6.45) is 0.937. The first-order valence-corrected chi connectivity index (χ1v) is 6.74. The maximum absolute atomic E-state index is 5.16. The first-order valence-electron chi connectivity index (χ1n) is 5.87. The normalized spacial score (nSPS) is 18.3. The molecule has 0 saturated carbocycles.